The van der Waals surface area contributed by atoms with Crippen molar-refractivity contribution >= 4 is 29.1 Å². The zero-order valence-corrected chi connectivity index (χ0v) is 16.7. The van der Waals surface area contributed by atoms with Gasteiger partial charge in [0.15, 0.2) is 0 Å². The van der Waals surface area contributed by atoms with Crippen molar-refractivity contribution in [2.24, 2.45) is 0 Å². The Kier molecular flexibility index (Phi) is 5.50. The highest BCUT2D eigenvalue weighted by atomic mass is 35.5. The number of benzene rings is 2. The molecule has 0 aromatic heterocycles. The maximum absolute atomic E-state index is 12.5. The van der Waals surface area contributed by atoms with Crippen LogP contribution in [-0.4, -0.2) is 11.5 Å². The molecule has 5 heteroatoms. The summed E-state index contributed by atoms with van der Waals surface area (Å²) < 4.78 is 6.06. The van der Waals surface area contributed by atoms with Crippen LogP contribution in [0.1, 0.15) is 49.4 Å². The summed E-state index contributed by atoms with van der Waals surface area (Å²) in [6, 6.07) is 11.4. The van der Waals surface area contributed by atoms with Crippen molar-refractivity contribution in [1.82, 2.24) is 5.32 Å². The Hall–Kier alpha value is -1.71. The van der Waals surface area contributed by atoms with E-state index in [0.29, 0.717) is 22.9 Å². The van der Waals surface area contributed by atoms with Gasteiger partial charge in [0.05, 0.1) is 6.04 Å². The summed E-state index contributed by atoms with van der Waals surface area (Å²) in [5.74, 6) is 0.851. The summed E-state index contributed by atoms with van der Waals surface area (Å²) in [5.41, 5.74) is 2.80. The topological polar surface area (TPSA) is 38.3 Å². The number of carbonyl (C=O) groups is 1. The Labute approximate surface area is 164 Å². The number of hydrogen-bond acceptors (Lipinski definition) is 2. The lowest BCUT2D eigenvalue weighted by atomic mass is 9.89. The van der Waals surface area contributed by atoms with E-state index in [1.54, 1.807) is 12.1 Å². The minimum absolute atomic E-state index is 0.00572. The van der Waals surface area contributed by atoms with E-state index in [0.717, 1.165) is 28.9 Å². The van der Waals surface area contributed by atoms with Gasteiger partial charge in [0, 0.05) is 28.5 Å². The summed E-state index contributed by atoms with van der Waals surface area (Å²) >= 11 is 12.1. The van der Waals surface area contributed by atoms with Crippen molar-refractivity contribution in [3.05, 3.63) is 63.1 Å². The Morgan fingerprint density at radius 1 is 1.23 bits per heavy atom. The molecule has 2 aromatic carbocycles. The van der Waals surface area contributed by atoms with Crippen LogP contribution in [0.25, 0.3) is 0 Å². The number of halogens is 2. The van der Waals surface area contributed by atoms with Gasteiger partial charge < -0.3 is 10.1 Å². The molecule has 1 amide bonds. The predicted octanol–water partition coefficient (Wildman–Crippen LogP) is 5.65. The molecule has 0 aliphatic carbocycles. The molecule has 138 valence electrons. The van der Waals surface area contributed by atoms with E-state index in [9.17, 15) is 4.79 Å². The van der Waals surface area contributed by atoms with Crippen LogP contribution in [0.15, 0.2) is 36.4 Å². The number of carbonyl (C=O) groups excluding carboxylic acids is 1. The van der Waals surface area contributed by atoms with Gasteiger partial charge >= 0.3 is 0 Å². The number of amides is 1. The van der Waals surface area contributed by atoms with Gasteiger partial charge in [-0.15, -0.1) is 0 Å². The van der Waals surface area contributed by atoms with E-state index in [1.807, 2.05) is 39.0 Å². The Morgan fingerprint density at radius 2 is 2.00 bits per heavy atom. The zero-order valence-electron chi connectivity index (χ0n) is 15.2. The second-order valence-electron chi connectivity index (χ2n) is 7.46. The lowest BCUT2D eigenvalue weighted by Crippen LogP contribution is -2.41. The Balaban J connectivity index is 1.70. The lowest BCUT2D eigenvalue weighted by Gasteiger charge is -2.38. The van der Waals surface area contributed by atoms with Gasteiger partial charge in [-0.3, -0.25) is 4.79 Å². The SMILES string of the molecule is Cc1ccc2c(c1)[C@H](NC(=O)CCc1ccc(Cl)cc1Cl)CC(C)(C)O2. The van der Waals surface area contributed by atoms with Gasteiger partial charge in [-0.25, -0.2) is 0 Å². The van der Waals surface area contributed by atoms with Gasteiger partial charge in [-0.2, -0.15) is 0 Å². The number of rotatable bonds is 4. The molecule has 1 heterocycles. The number of nitrogens with one attached hydrogen (secondary N) is 1. The molecule has 0 saturated carbocycles. The largest absolute Gasteiger partial charge is 0.487 e. The normalized spacial score (nSPS) is 18.0. The molecule has 0 bridgehead atoms. The van der Waals surface area contributed by atoms with E-state index in [-0.39, 0.29) is 17.6 Å². The Morgan fingerprint density at radius 3 is 2.73 bits per heavy atom. The molecule has 3 nitrogen and oxygen atoms in total. The quantitative estimate of drug-likeness (QED) is 0.730. The Bertz CT molecular complexity index is 833. The molecule has 0 radical (unpaired) electrons. The molecule has 1 aliphatic rings. The minimum Gasteiger partial charge on any atom is -0.487 e. The van der Waals surface area contributed by atoms with Crippen LogP contribution in [0.3, 0.4) is 0 Å². The van der Waals surface area contributed by atoms with Crippen molar-refractivity contribution in [1.29, 1.82) is 0 Å². The fourth-order valence-electron chi connectivity index (χ4n) is 3.34. The fraction of sp³-hybridized carbons (Fsp3) is 0.381. The van der Waals surface area contributed by atoms with Crippen molar-refractivity contribution in [2.45, 2.75) is 51.7 Å². The van der Waals surface area contributed by atoms with E-state index in [1.165, 1.54) is 0 Å². The van der Waals surface area contributed by atoms with Crippen molar-refractivity contribution < 1.29 is 9.53 Å². The third kappa shape index (κ3) is 4.52. The van der Waals surface area contributed by atoms with Crippen molar-refractivity contribution in [3.8, 4) is 5.75 Å². The smallest absolute Gasteiger partial charge is 0.220 e. The number of ether oxygens (including phenoxy) is 1. The average Bonchev–Trinajstić information content (AvgIpc) is 2.54. The monoisotopic (exact) mass is 391 g/mol. The van der Waals surface area contributed by atoms with Crippen LogP contribution in [0.2, 0.25) is 10.0 Å². The predicted molar refractivity (Wildman–Crippen MR) is 106 cm³/mol. The molecular formula is C21H23Cl2NO2. The maximum Gasteiger partial charge on any atom is 0.220 e. The van der Waals surface area contributed by atoms with E-state index >= 15 is 0 Å². The summed E-state index contributed by atoms with van der Waals surface area (Å²) in [6.07, 6.45) is 1.69. The number of fused-ring (bicyclic) bond motifs is 1. The highest BCUT2D eigenvalue weighted by Crippen LogP contribution is 2.39. The summed E-state index contributed by atoms with van der Waals surface area (Å²) in [6.45, 7) is 6.13. The molecule has 0 saturated heterocycles. The highest BCUT2D eigenvalue weighted by Gasteiger charge is 2.34. The standard InChI is InChI=1S/C21H23Cl2NO2/c1-13-4-8-19-16(10-13)18(12-21(2,3)26-19)24-20(25)9-6-14-5-7-15(22)11-17(14)23/h4-5,7-8,10-11,18H,6,9,12H2,1-3H3,(H,24,25)/t18-/m1/s1. The number of aryl methyl sites for hydroxylation is 2. The molecule has 0 spiro atoms. The zero-order chi connectivity index (χ0) is 18.9. The first-order valence-corrected chi connectivity index (χ1v) is 9.52. The van der Waals surface area contributed by atoms with E-state index < -0.39 is 0 Å². The van der Waals surface area contributed by atoms with Crippen LogP contribution in [0.4, 0.5) is 0 Å². The summed E-state index contributed by atoms with van der Waals surface area (Å²) in [5, 5.41) is 4.36. The molecule has 0 fully saturated rings. The molecule has 26 heavy (non-hydrogen) atoms. The number of hydrogen-bond donors (Lipinski definition) is 1. The van der Waals surface area contributed by atoms with Crippen LogP contribution in [-0.2, 0) is 11.2 Å². The molecule has 3 rings (SSSR count). The van der Waals surface area contributed by atoms with Crippen molar-refractivity contribution in [3.63, 3.8) is 0 Å². The van der Waals surface area contributed by atoms with Crippen LogP contribution >= 0.6 is 23.2 Å². The third-order valence-electron chi connectivity index (χ3n) is 4.59. The highest BCUT2D eigenvalue weighted by molar-refractivity contribution is 6.35. The first-order chi connectivity index (χ1) is 12.2. The second-order valence-corrected chi connectivity index (χ2v) is 8.31. The van der Waals surface area contributed by atoms with Crippen molar-refractivity contribution in [2.75, 3.05) is 0 Å². The fourth-order valence-corrected chi connectivity index (χ4v) is 3.84. The van der Waals surface area contributed by atoms with Gasteiger partial charge in [0.1, 0.15) is 11.4 Å². The maximum atomic E-state index is 12.5. The molecule has 1 aliphatic heterocycles. The van der Waals surface area contributed by atoms with Crippen LogP contribution in [0.5, 0.6) is 5.75 Å². The van der Waals surface area contributed by atoms with Gasteiger partial charge in [-0.05, 0) is 51.0 Å². The molecule has 0 unspecified atom stereocenters. The summed E-state index contributed by atoms with van der Waals surface area (Å²) in [4.78, 5) is 12.5. The van der Waals surface area contributed by atoms with Crippen LogP contribution < -0.4 is 10.1 Å². The van der Waals surface area contributed by atoms with Crippen LogP contribution in [0, 0.1) is 6.92 Å². The first kappa shape index (κ1) is 19.1. The van der Waals surface area contributed by atoms with Gasteiger partial charge in [0.25, 0.3) is 0 Å². The third-order valence-corrected chi connectivity index (χ3v) is 5.18. The minimum atomic E-state index is -0.320. The molecular weight excluding hydrogens is 369 g/mol. The lowest BCUT2D eigenvalue weighted by molar-refractivity contribution is -0.122. The molecule has 2 aromatic rings. The van der Waals surface area contributed by atoms with E-state index in [2.05, 4.69) is 11.4 Å². The molecule has 1 atom stereocenters. The van der Waals surface area contributed by atoms with E-state index in [4.69, 9.17) is 27.9 Å². The molecule has 1 N–H and O–H groups in total. The second kappa shape index (κ2) is 7.50. The first-order valence-electron chi connectivity index (χ1n) is 8.76. The van der Waals surface area contributed by atoms with Gasteiger partial charge in [-0.1, -0.05) is 47.0 Å². The van der Waals surface area contributed by atoms with Gasteiger partial charge in [0.2, 0.25) is 5.91 Å². The average molecular weight is 392 g/mol. The summed E-state index contributed by atoms with van der Waals surface area (Å²) in [7, 11) is 0.